The van der Waals surface area contributed by atoms with Crippen LogP contribution in [0.1, 0.15) is 37.8 Å². The minimum absolute atomic E-state index is 0.212. The lowest BCUT2D eigenvalue weighted by molar-refractivity contribution is -0.113. The first-order valence-electron chi connectivity index (χ1n) is 15.4. The van der Waals surface area contributed by atoms with Gasteiger partial charge >= 0.3 is 0 Å². The average Bonchev–Trinajstić information content (AvgIpc) is 3.66. The van der Waals surface area contributed by atoms with Crippen molar-refractivity contribution >= 4 is 38.9 Å². The van der Waals surface area contributed by atoms with Crippen LogP contribution in [-0.4, -0.2) is 64.7 Å². The van der Waals surface area contributed by atoms with Crippen LogP contribution in [0.2, 0.25) is 0 Å². The van der Waals surface area contributed by atoms with Crippen molar-refractivity contribution in [3.05, 3.63) is 107 Å². The van der Waals surface area contributed by atoms with Crippen molar-refractivity contribution in [3.63, 3.8) is 0 Å². The molecule has 45 heavy (non-hydrogen) atoms. The van der Waals surface area contributed by atoms with Gasteiger partial charge in [-0.3, -0.25) is 4.79 Å². The van der Waals surface area contributed by atoms with Crippen LogP contribution < -0.4 is 0 Å². The molecule has 0 saturated carbocycles. The summed E-state index contributed by atoms with van der Waals surface area (Å²) in [5.74, 6) is 0.353. The van der Waals surface area contributed by atoms with Gasteiger partial charge in [-0.1, -0.05) is 74.5 Å². The number of nitrogens with zero attached hydrogens (tertiary/aromatic N) is 5. The number of benzene rings is 3. The van der Waals surface area contributed by atoms with E-state index >= 15 is 0 Å². The van der Waals surface area contributed by atoms with E-state index in [2.05, 4.69) is 34.2 Å². The summed E-state index contributed by atoms with van der Waals surface area (Å²) in [6, 6.07) is 27.2. The average molecular weight is 640 g/mol. The van der Waals surface area contributed by atoms with Crippen LogP contribution >= 0.6 is 11.8 Å². The first-order chi connectivity index (χ1) is 21.9. The molecule has 2 aliphatic heterocycles. The van der Waals surface area contributed by atoms with Crippen LogP contribution in [-0.2, 0) is 21.2 Å². The molecular formula is C35H37N5O3S2. The minimum atomic E-state index is -3.66. The molecule has 3 heterocycles. The smallest absolute Gasteiger partial charge is 0.286 e. The van der Waals surface area contributed by atoms with Crippen molar-refractivity contribution in [1.29, 1.82) is 0 Å². The van der Waals surface area contributed by atoms with E-state index in [1.165, 1.54) is 21.6 Å². The van der Waals surface area contributed by atoms with Gasteiger partial charge in [-0.15, -0.1) is 0 Å². The van der Waals surface area contributed by atoms with Crippen LogP contribution in [0.4, 0.5) is 0 Å². The largest absolute Gasteiger partial charge is 0.351 e. The summed E-state index contributed by atoms with van der Waals surface area (Å²) in [7, 11) is -3.66. The van der Waals surface area contributed by atoms with Crippen molar-refractivity contribution < 1.29 is 13.2 Å². The molecule has 0 spiro atoms. The number of likely N-dealkylation sites (tertiary alicyclic amines) is 1. The highest BCUT2D eigenvalue weighted by Crippen LogP contribution is 2.35. The lowest BCUT2D eigenvalue weighted by Crippen LogP contribution is -2.37. The number of carbonyl (C=O) groups is 1. The molecule has 8 nitrogen and oxygen atoms in total. The Morgan fingerprint density at radius 1 is 0.933 bits per heavy atom. The maximum atomic E-state index is 13.3. The zero-order valence-corrected chi connectivity index (χ0v) is 27.2. The van der Waals surface area contributed by atoms with Crippen molar-refractivity contribution in [2.24, 2.45) is 10.9 Å². The number of hydrogen-bond acceptors (Lipinski definition) is 6. The van der Waals surface area contributed by atoms with Crippen molar-refractivity contribution in [2.45, 2.75) is 38.0 Å². The van der Waals surface area contributed by atoms with Crippen LogP contribution in [0, 0.1) is 5.92 Å². The van der Waals surface area contributed by atoms with Gasteiger partial charge in [0, 0.05) is 43.5 Å². The number of rotatable bonds is 9. The molecule has 3 aromatic carbocycles. The van der Waals surface area contributed by atoms with E-state index in [-0.39, 0.29) is 10.8 Å². The number of sulfonamides is 1. The molecule has 1 amide bonds. The van der Waals surface area contributed by atoms with Gasteiger partial charge in [-0.25, -0.2) is 13.1 Å². The molecule has 2 aliphatic rings. The van der Waals surface area contributed by atoms with Gasteiger partial charge in [0.15, 0.2) is 5.17 Å². The van der Waals surface area contributed by atoms with Gasteiger partial charge in [-0.05, 0) is 72.8 Å². The maximum absolute atomic E-state index is 13.3. The molecule has 1 aromatic heterocycles. The number of thioether (sulfide) groups is 1. The zero-order valence-electron chi connectivity index (χ0n) is 25.5. The van der Waals surface area contributed by atoms with Gasteiger partial charge in [0.05, 0.1) is 15.5 Å². The molecule has 0 radical (unpaired) electrons. The first kappa shape index (κ1) is 31.0. The number of aromatic nitrogens is 2. The minimum Gasteiger partial charge on any atom is -0.351 e. The van der Waals surface area contributed by atoms with E-state index < -0.39 is 10.0 Å². The second kappa shape index (κ2) is 13.6. The zero-order chi connectivity index (χ0) is 31.4. The molecule has 4 aromatic rings. The lowest BCUT2D eigenvalue weighted by Gasteiger charge is -2.32. The summed E-state index contributed by atoms with van der Waals surface area (Å²) in [4.78, 5) is 20.6. The SMILES string of the molecule is CCN(CC)S(=O)(=O)c1cccc(-c2nn(-c3ccccc3)cc2/C=C2\SC(N3CCC(Cc4ccccc4)CC3)=NC2=O)c1. The van der Waals surface area contributed by atoms with Crippen molar-refractivity contribution in [3.8, 4) is 16.9 Å². The standard InChI is InChI=1S/C35H37N5O3S2/c1-3-39(4-2)45(42,43)31-17-11-14-28(23-31)33-29(25-40(37-33)30-15-9-6-10-16-30)24-32-34(41)36-35(44-32)38-20-18-27(19-21-38)22-26-12-7-5-8-13-26/h5-17,23-25,27H,3-4,18-22H2,1-2H3/b32-24-. The predicted octanol–water partition coefficient (Wildman–Crippen LogP) is 6.49. The summed E-state index contributed by atoms with van der Waals surface area (Å²) in [5, 5.41) is 5.62. The van der Waals surface area contributed by atoms with Crippen LogP contribution in [0.15, 0.2) is 106 Å². The second-order valence-corrected chi connectivity index (χ2v) is 14.2. The number of piperidine rings is 1. The van der Waals surface area contributed by atoms with Crippen molar-refractivity contribution in [1.82, 2.24) is 19.0 Å². The Bertz CT molecular complexity index is 1820. The third-order valence-corrected chi connectivity index (χ3v) is 11.5. The van der Waals surface area contributed by atoms with Gasteiger partial charge in [0.2, 0.25) is 10.0 Å². The van der Waals surface area contributed by atoms with E-state index in [4.69, 9.17) is 5.10 Å². The monoisotopic (exact) mass is 639 g/mol. The highest BCUT2D eigenvalue weighted by Gasteiger charge is 2.30. The summed E-state index contributed by atoms with van der Waals surface area (Å²) in [6.07, 6.45) is 6.90. The predicted molar refractivity (Wildman–Crippen MR) is 182 cm³/mol. The normalized spacial score (nSPS) is 17.0. The maximum Gasteiger partial charge on any atom is 0.286 e. The second-order valence-electron chi connectivity index (χ2n) is 11.3. The Balaban J connectivity index is 1.26. The summed E-state index contributed by atoms with van der Waals surface area (Å²) in [6.45, 7) is 6.17. The number of amidine groups is 1. The molecule has 0 atom stereocenters. The molecule has 1 saturated heterocycles. The molecule has 0 bridgehead atoms. The van der Waals surface area contributed by atoms with E-state index in [9.17, 15) is 13.2 Å². The molecule has 6 rings (SSSR count). The molecule has 1 fully saturated rings. The molecule has 0 N–H and O–H groups in total. The van der Waals surface area contributed by atoms with Gasteiger partial charge in [0.1, 0.15) is 5.69 Å². The lowest BCUT2D eigenvalue weighted by atomic mass is 9.90. The first-order valence-corrected chi connectivity index (χ1v) is 17.7. The van der Waals surface area contributed by atoms with Gasteiger partial charge in [-0.2, -0.15) is 14.4 Å². The van der Waals surface area contributed by atoms with Gasteiger partial charge in [0.25, 0.3) is 5.91 Å². The van der Waals surface area contributed by atoms with E-state index in [1.54, 1.807) is 22.9 Å². The number of hydrogen-bond donors (Lipinski definition) is 0. The van der Waals surface area contributed by atoms with Crippen LogP contribution in [0.3, 0.4) is 0 Å². The Kier molecular flexibility index (Phi) is 9.34. The molecular weight excluding hydrogens is 603 g/mol. The number of carbonyl (C=O) groups excluding carboxylic acids is 1. The fraction of sp³-hybridized carbons (Fsp3) is 0.286. The number of aliphatic imine (C=N–C) groups is 1. The summed E-state index contributed by atoms with van der Waals surface area (Å²) >= 11 is 1.40. The van der Waals surface area contributed by atoms with E-state index in [0.29, 0.717) is 40.7 Å². The number of para-hydroxylation sites is 1. The quantitative estimate of drug-likeness (QED) is 0.195. The van der Waals surface area contributed by atoms with E-state index in [0.717, 1.165) is 43.2 Å². The third-order valence-electron chi connectivity index (χ3n) is 8.36. The molecule has 10 heteroatoms. The van der Waals surface area contributed by atoms with Crippen LogP contribution in [0.25, 0.3) is 23.0 Å². The summed E-state index contributed by atoms with van der Waals surface area (Å²) < 4.78 is 29.9. The Labute approximate surface area is 269 Å². The fourth-order valence-corrected chi connectivity index (χ4v) is 8.36. The fourth-order valence-electron chi connectivity index (χ4n) is 5.90. The Morgan fingerprint density at radius 3 is 2.31 bits per heavy atom. The summed E-state index contributed by atoms with van der Waals surface area (Å²) in [5.41, 5.74) is 4.18. The highest BCUT2D eigenvalue weighted by atomic mass is 32.2. The Hall–Kier alpha value is -3.99. The molecule has 0 aliphatic carbocycles. The topological polar surface area (TPSA) is 87.9 Å². The van der Waals surface area contributed by atoms with E-state index in [1.807, 2.05) is 68.6 Å². The highest BCUT2D eigenvalue weighted by molar-refractivity contribution is 8.18. The number of amides is 1. The van der Waals surface area contributed by atoms with Gasteiger partial charge < -0.3 is 4.90 Å². The molecule has 232 valence electrons. The van der Waals surface area contributed by atoms with Crippen molar-refractivity contribution in [2.75, 3.05) is 26.2 Å². The van der Waals surface area contributed by atoms with Crippen LogP contribution in [0.5, 0.6) is 0 Å². The molecule has 0 unspecified atom stereocenters. The third kappa shape index (κ3) is 6.83. The Morgan fingerprint density at radius 2 is 1.62 bits per heavy atom.